The highest BCUT2D eigenvalue weighted by molar-refractivity contribution is 5.78. The molecule has 2 fully saturated rings. The molecule has 1 N–H and O–H groups in total. The van der Waals surface area contributed by atoms with Crippen LogP contribution in [0.2, 0.25) is 0 Å². The van der Waals surface area contributed by atoms with Gasteiger partial charge >= 0.3 is 0 Å². The maximum absolute atomic E-state index is 12.6. The molecule has 2 aliphatic rings. The molecular formula is C20H30N2O2. The molecule has 0 aromatic heterocycles. The molecule has 0 radical (unpaired) electrons. The second-order valence-corrected chi connectivity index (χ2v) is 7.40. The lowest BCUT2D eigenvalue weighted by Crippen LogP contribution is -2.44. The molecule has 0 spiro atoms. The van der Waals surface area contributed by atoms with Crippen LogP contribution in [0.15, 0.2) is 30.3 Å². The lowest BCUT2D eigenvalue weighted by molar-refractivity contribution is -0.132. The fourth-order valence-corrected chi connectivity index (χ4v) is 3.86. The third-order valence-corrected chi connectivity index (χ3v) is 5.30. The maximum Gasteiger partial charge on any atom is 0.236 e. The van der Waals surface area contributed by atoms with E-state index < -0.39 is 0 Å². The predicted octanol–water partition coefficient (Wildman–Crippen LogP) is 3.00. The van der Waals surface area contributed by atoms with E-state index in [0.29, 0.717) is 18.4 Å². The minimum absolute atomic E-state index is 0.226. The van der Waals surface area contributed by atoms with Crippen molar-refractivity contribution >= 4 is 5.91 Å². The SMILES string of the molecule is C[C@@H]1CCCN(C(=O)CN[C@@H](C[C@H]2CCOC2)c2ccccc2)C1. The summed E-state index contributed by atoms with van der Waals surface area (Å²) in [4.78, 5) is 14.6. The number of rotatable bonds is 6. The molecule has 3 atom stereocenters. The third-order valence-electron chi connectivity index (χ3n) is 5.30. The summed E-state index contributed by atoms with van der Waals surface area (Å²) in [5.41, 5.74) is 1.27. The van der Waals surface area contributed by atoms with Crippen LogP contribution < -0.4 is 5.32 Å². The zero-order valence-electron chi connectivity index (χ0n) is 14.7. The molecule has 2 aliphatic heterocycles. The van der Waals surface area contributed by atoms with Gasteiger partial charge in [0.25, 0.3) is 0 Å². The first-order chi connectivity index (χ1) is 11.7. The van der Waals surface area contributed by atoms with E-state index in [1.54, 1.807) is 0 Å². The fraction of sp³-hybridized carbons (Fsp3) is 0.650. The smallest absolute Gasteiger partial charge is 0.236 e. The van der Waals surface area contributed by atoms with Gasteiger partial charge in [0.2, 0.25) is 5.91 Å². The van der Waals surface area contributed by atoms with Gasteiger partial charge < -0.3 is 15.0 Å². The van der Waals surface area contributed by atoms with Gasteiger partial charge in [-0.05, 0) is 43.1 Å². The summed E-state index contributed by atoms with van der Waals surface area (Å²) in [5.74, 6) is 1.46. The van der Waals surface area contributed by atoms with Crippen molar-refractivity contribution in [3.8, 4) is 0 Å². The molecule has 4 nitrogen and oxygen atoms in total. The summed E-state index contributed by atoms with van der Waals surface area (Å²) in [6.45, 7) is 6.21. The second-order valence-electron chi connectivity index (χ2n) is 7.40. The van der Waals surface area contributed by atoms with Crippen LogP contribution in [0.25, 0.3) is 0 Å². The lowest BCUT2D eigenvalue weighted by Gasteiger charge is -2.32. The number of carbonyl (C=O) groups excluding carboxylic acids is 1. The van der Waals surface area contributed by atoms with Gasteiger partial charge in [0, 0.05) is 32.3 Å². The highest BCUT2D eigenvalue weighted by atomic mass is 16.5. The maximum atomic E-state index is 12.6. The van der Waals surface area contributed by atoms with E-state index in [0.717, 1.165) is 45.6 Å². The van der Waals surface area contributed by atoms with E-state index in [-0.39, 0.29) is 11.9 Å². The number of nitrogens with zero attached hydrogens (tertiary/aromatic N) is 1. The molecular weight excluding hydrogens is 300 g/mol. The molecule has 1 aromatic carbocycles. The van der Waals surface area contributed by atoms with E-state index >= 15 is 0 Å². The van der Waals surface area contributed by atoms with Gasteiger partial charge in [0.1, 0.15) is 0 Å². The highest BCUT2D eigenvalue weighted by Crippen LogP contribution is 2.26. The Balaban J connectivity index is 1.57. The van der Waals surface area contributed by atoms with Gasteiger partial charge in [-0.1, -0.05) is 37.3 Å². The van der Waals surface area contributed by atoms with Crippen molar-refractivity contribution in [2.75, 3.05) is 32.8 Å². The van der Waals surface area contributed by atoms with Crippen molar-refractivity contribution in [3.05, 3.63) is 35.9 Å². The molecule has 1 amide bonds. The number of ether oxygens (including phenoxy) is 1. The van der Waals surface area contributed by atoms with Crippen LogP contribution >= 0.6 is 0 Å². The number of hydrogen-bond donors (Lipinski definition) is 1. The normalized spacial score (nSPS) is 25.6. The number of amides is 1. The van der Waals surface area contributed by atoms with Crippen LogP contribution in [0.5, 0.6) is 0 Å². The topological polar surface area (TPSA) is 41.6 Å². The number of carbonyl (C=O) groups is 1. The van der Waals surface area contributed by atoms with Gasteiger partial charge in [-0.2, -0.15) is 0 Å². The van der Waals surface area contributed by atoms with Crippen molar-refractivity contribution in [1.29, 1.82) is 0 Å². The lowest BCUT2D eigenvalue weighted by atomic mass is 9.94. The molecule has 4 heteroatoms. The summed E-state index contributed by atoms with van der Waals surface area (Å²) in [6.07, 6.45) is 4.54. The molecule has 3 rings (SSSR count). The average molecular weight is 330 g/mol. The quantitative estimate of drug-likeness (QED) is 0.872. The summed E-state index contributed by atoms with van der Waals surface area (Å²) >= 11 is 0. The molecule has 0 aliphatic carbocycles. The van der Waals surface area contributed by atoms with E-state index in [1.807, 2.05) is 11.0 Å². The Morgan fingerprint density at radius 2 is 2.17 bits per heavy atom. The van der Waals surface area contributed by atoms with Gasteiger partial charge in [0.05, 0.1) is 6.54 Å². The molecule has 0 bridgehead atoms. The third kappa shape index (κ3) is 4.81. The van der Waals surface area contributed by atoms with Crippen molar-refractivity contribution < 1.29 is 9.53 Å². The van der Waals surface area contributed by atoms with Crippen LogP contribution in [0, 0.1) is 11.8 Å². The average Bonchev–Trinajstić information content (AvgIpc) is 3.12. The van der Waals surface area contributed by atoms with E-state index in [2.05, 4.69) is 36.5 Å². The Bertz CT molecular complexity index is 514. The molecule has 2 saturated heterocycles. The number of likely N-dealkylation sites (tertiary alicyclic amines) is 1. The van der Waals surface area contributed by atoms with Crippen LogP contribution in [-0.2, 0) is 9.53 Å². The monoisotopic (exact) mass is 330 g/mol. The Kier molecular flexibility index (Phi) is 6.27. The first-order valence-corrected chi connectivity index (χ1v) is 9.36. The van der Waals surface area contributed by atoms with Crippen LogP contribution in [0.3, 0.4) is 0 Å². The predicted molar refractivity (Wildman–Crippen MR) is 95.7 cm³/mol. The van der Waals surface area contributed by atoms with Crippen molar-refractivity contribution in [3.63, 3.8) is 0 Å². The van der Waals surface area contributed by atoms with Gasteiger partial charge in [-0.25, -0.2) is 0 Å². The molecule has 0 saturated carbocycles. The summed E-state index contributed by atoms with van der Waals surface area (Å²) < 4.78 is 5.52. The standard InChI is InChI=1S/C20H30N2O2/c1-16-6-5-10-22(14-16)20(23)13-21-19(12-17-9-11-24-15-17)18-7-3-2-4-8-18/h2-4,7-8,16-17,19,21H,5-6,9-15H2,1H3/t16-,17-,19+/m1/s1. The van der Waals surface area contributed by atoms with Gasteiger partial charge in [-0.3, -0.25) is 4.79 Å². The van der Waals surface area contributed by atoms with E-state index in [1.165, 1.54) is 12.0 Å². The van der Waals surface area contributed by atoms with Gasteiger partial charge in [-0.15, -0.1) is 0 Å². The number of hydrogen-bond acceptors (Lipinski definition) is 3. The minimum atomic E-state index is 0.226. The number of nitrogens with one attached hydrogen (secondary N) is 1. The second kappa shape index (κ2) is 8.63. The first-order valence-electron chi connectivity index (χ1n) is 9.36. The largest absolute Gasteiger partial charge is 0.381 e. The Morgan fingerprint density at radius 1 is 1.33 bits per heavy atom. The summed E-state index contributed by atoms with van der Waals surface area (Å²) in [5, 5.41) is 3.53. The summed E-state index contributed by atoms with van der Waals surface area (Å²) in [7, 11) is 0. The molecule has 132 valence electrons. The Morgan fingerprint density at radius 3 is 2.88 bits per heavy atom. The fourth-order valence-electron chi connectivity index (χ4n) is 3.86. The van der Waals surface area contributed by atoms with E-state index in [4.69, 9.17) is 4.74 Å². The van der Waals surface area contributed by atoms with Crippen molar-refractivity contribution in [2.24, 2.45) is 11.8 Å². The molecule has 24 heavy (non-hydrogen) atoms. The number of benzene rings is 1. The Hall–Kier alpha value is -1.39. The minimum Gasteiger partial charge on any atom is -0.381 e. The molecule has 2 heterocycles. The summed E-state index contributed by atoms with van der Waals surface area (Å²) in [6, 6.07) is 10.7. The molecule has 0 unspecified atom stereocenters. The van der Waals surface area contributed by atoms with Crippen LogP contribution in [0.4, 0.5) is 0 Å². The van der Waals surface area contributed by atoms with Crippen LogP contribution in [0.1, 0.15) is 44.2 Å². The van der Waals surface area contributed by atoms with E-state index in [9.17, 15) is 4.79 Å². The zero-order valence-corrected chi connectivity index (χ0v) is 14.7. The molecule has 1 aromatic rings. The first kappa shape index (κ1) is 17.4. The highest BCUT2D eigenvalue weighted by Gasteiger charge is 2.24. The van der Waals surface area contributed by atoms with Crippen molar-refractivity contribution in [2.45, 2.75) is 38.6 Å². The van der Waals surface area contributed by atoms with Crippen LogP contribution in [-0.4, -0.2) is 43.7 Å². The van der Waals surface area contributed by atoms with Crippen molar-refractivity contribution in [1.82, 2.24) is 10.2 Å². The van der Waals surface area contributed by atoms with Gasteiger partial charge in [0.15, 0.2) is 0 Å². The Labute approximate surface area is 145 Å². The zero-order chi connectivity index (χ0) is 16.8. The number of piperidine rings is 1.